The maximum atomic E-state index is 11.9. The number of cyclic esters (lactones) is 1. The van der Waals surface area contributed by atoms with E-state index < -0.39 is 6.10 Å². The van der Waals surface area contributed by atoms with Gasteiger partial charge in [-0.3, -0.25) is 0 Å². The molecule has 0 bridgehead atoms. The molecule has 2 aliphatic heterocycles. The first-order valence-electron chi connectivity index (χ1n) is 11.9. The largest absolute Gasteiger partial charge is 0.458 e. The minimum absolute atomic E-state index is 0.121. The first-order valence-corrected chi connectivity index (χ1v) is 11.9. The highest BCUT2D eigenvalue weighted by molar-refractivity contribution is 5.93. The molecule has 0 aromatic carbocycles. The standard InChI is InChI=1S/C26H38O5/c1-18-10-14-25(3)20(24(18,2)13-11-19-12-16-30-23(19)28)8-9-21(27)26(25,4)17-31-22-7-5-6-15-29-22/h11-13,20-22,27H,1,5-10,14-17H2,2-4H3/b13-11+/t20-,21+,22?,24+,25-,26+/m0/s1. The number of rotatable bonds is 5. The summed E-state index contributed by atoms with van der Waals surface area (Å²) in [4.78, 5) is 11.9. The zero-order chi connectivity index (χ0) is 22.3. The summed E-state index contributed by atoms with van der Waals surface area (Å²) < 4.78 is 17.1. The van der Waals surface area contributed by atoms with Crippen molar-refractivity contribution in [2.75, 3.05) is 19.8 Å². The Morgan fingerprint density at radius 1 is 1.26 bits per heavy atom. The van der Waals surface area contributed by atoms with Crippen molar-refractivity contribution in [2.45, 2.75) is 78.1 Å². The fraction of sp³-hybridized carbons (Fsp3) is 0.731. The predicted octanol–water partition coefficient (Wildman–Crippen LogP) is 4.71. The van der Waals surface area contributed by atoms with Crippen molar-refractivity contribution >= 4 is 5.97 Å². The molecule has 172 valence electrons. The number of carbonyl (C=O) groups excluding carboxylic acids is 1. The van der Waals surface area contributed by atoms with E-state index in [1.807, 2.05) is 12.2 Å². The van der Waals surface area contributed by atoms with Gasteiger partial charge < -0.3 is 19.3 Å². The van der Waals surface area contributed by atoms with Crippen molar-refractivity contribution in [1.82, 2.24) is 0 Å². The summed E-state index contributed by atoms with van der Waals surface area (Å²) >= 11 is 0. The number of aliphatic hydroxyl groups is 1. The van der Waals surface area contributed by atoms with Crippen LogP contribution < -0.4 is 0 Å². The average molecular weight is 431 g/mol. The number of allylic oxidation sites excluding steroid dienone is 2. The van der Waals surface area contributed by atoms with Crippen LogP contribution in [-0.4, -0.2) is 43.3 Å². The molecule has 4 rings (SSSR count). The van der Waals surface area contributed by atoms with Gasteiger partial charge in [-0.2, -0.15) is 0 Å². The van der Waals surface area contributed by atoms with Crippen LogP contribution in [0.4, 0.5) is 0 Å². The Labute approximate surface area is 186 Å². The number of fused-ring (bicyclic) bond motifs is 1. The van der Waals surface area contributed by atoms with Gasteiger partial charge in [0.15, 0.2) is 6.29 Å². The Morgan fingerprint density at radius 2 is 2.06 bits per heavy atom. The van der Waals surface area contributed by atoms with Gasteiger partial charge in [0.05, 0.1) is 18.3 Å². The Bertz CT molecular complexity index is 779. The van der Waals surface area contributed by atoms with Crippen molar-refractivity contribution in [3.05, 3.63) is 36.0 Å². The molecule has 4 aliphatic rings. The average Bonchev–Trinajstić information content (AvgIpc) is 3.18. The van der Waals surface area contributed by atoms with Gasteiger partial charge in [-0.25, -0.2) is 4.79 Å². The summed E-state index contributed by atoms with van der Waals surface area (Å²) in [6.45, 7) is 12.8. The van der Waals surface area contributed by atoms with Crippen LogP contribution in [0, 0.1) is 22.2 Å². The lowest BCUT2D eigenvalue weighted by Crippen LogP contribution is -2.61. The van der Waals surface area contributed by atoms with Crippen LogP contribution in [0.25, 0.3) is 0 Å². The van der Waals surface area contributed by atoms with Gasteiger partial charge in [0, 0.05) is 17.4 Å². The summed E-state index contributed by atoms with van der Waals surface area (Å²) in [6.07, 6.45) is 12.0. The molecule has 0 aromatic heterocycles. The third-order valence-electron chi connectivity index (χ3n) is 9.04. The smallest absolute Gasteiger partial charge is 0.338 e. The predicted molar refractivity (Wildman–Crippen MR) is 119 cm³/mol. The van der Waals surface area contributed by atoms with E-state index in [2.05, 4.69) is 33.4 Å². The lowest BCUT2D eigenvalue weighted by molar-refractivity contribution is -0.232. The minimum atomic E-state index is -0.413. The maximum absolute atomic E-state index is 11.9. The molecule has 2 saturated carbocycles. The van der Waals surface area contributed by atoms with E-state index in [0.717, 1.165) is 51.6 Å². The molecule has 5 heteroatoms. The first-order chi connectivity index (χ1) is 14.7. The van der Waals surface area contributed by atoms with Crippen LogP contribution in [0.2, 0.25) is 0 Å². The van der Waals surface area contributed by atoms with E-state index >= 15 is 0 Å². The highest BCUT2D eigenvalue weighted by Crippen LogP contribution is 2.66. The Balaban J connectivity index is 1.60. The number of ether oxygens (including phenoxy) is 3. The van der Waals surface area contributed by atoms with Crippen LogP contribution in [0.15, 0.2) is 36.0 Å². The van der Waals surface area contributed by atoms with Crippen molar-refractivity contribution < 1.29 is 24.1 Å². The molecule has 0 aromatic rings. The van der Waals surface area contributed by atoms with Crippen molar-refractivity contribution in [2.24, 2.45) is 22.2 Å². The second-order valence-electron chi connectivity index (χ2n) is 10.6. The number of hydrogen-bond acceptors (Lipinski definition) is 5. The Hall–Kier alpha value is -1.43. The van der Waals surface area contributed by atoms with E-state index in [1.165, 1.54) is 5.57 Å². The summed E-state index contributed by atoms with van der Waals surface area (Å²) in [5.74, 6) is 0.0496. The molecular weight excluding hydrogens is 392 g/mol. The molecule has 0 amide bonds. The van der Waals surface area contributed by atoms with Gasteiger partial charge in [0.2, 0.25) is 0 Å². The summed E-state index contributed by atoms with van der Waals surface area (Å²) in [5, 5.41) is 11.2. The lowest BCUT2D eigenvalue weighted by Gasteiger charge is -2.64. The Kier molecular flexibility index (Phi) is 6.23. The fourth-order valence-electron chi connectivity index (χ4n) is 6.46. The number of carbonyl (C=O) groups is 1. The van der Waals surface area contributed by atoms with E-state index in [1.54, 1.807) is 0 Å². The third-order valence-corrected chi connectivity index (χ3v) is 9.04. The molecule has 3 fully saturated rings. The van der Waals surface area contributed by atoms with Gasteiger partial charge in [-0.15, -0.1) is 0 Å². The molecule has 1 unspecified atom stereocenters. The highest BCUT2D eigenvalue weighted by Gasteiger charge is 2.62. The molecule has 5 nitrogen and oxygen atoms in total. The molecular formula is C26H38O5. The van der Waals surface area contributed by atoms with Gasteiger partial charge in [-0.05, 0) is 62.4 Å². The molecule has 6 atom stereocenters. The van der Waals surface area contributed by atoms with Crippen LogP contribution in [0.1, 0.15) is 65.7 Å². The van der Waals surface area contributed by atoms with Gasteiger partial charge in [0.25, 0.3) is 0 Å². The second-order valence-corrected chi connectivity index (χ2v) is 10.6. The van der Waals surface area contributed by atoms with Crippen LogP contribution >= 0.6 is 0 Å². The summed E-state index contributed by atoms with van der Waals surface area (Å²) in [5.41, 5.74) is 1.08. The van der Waals surface area contributed by atoms with Crippen molar-refractivity contribution in [1.29, 1.82) is 0 Å². The van der Waals surface area contributed by atoms with E-state index in [0.29, 0.717) is 24.7 Å². The molecule has 0 spiro atoms. The van der Waals surface area contributed by atoms with Crippen molar-refractivity contribution in [3.63, 3.8) is 0 Å². The first kappa shape index (κ1) is 22.8. The van der Waals surface area contributed by atoms with E-state index in [9.17, 15) is 9.90 Å². The molecule has 2 heterocycles. The molecule has 2 aliphatic carbocycles. The number of esters is 1. The second kappa shape index (κ2) is 8.49. The van der Waals surface area contributed by atoms with E-state index in [-0.39, 0.29) is 28.5 Å². The third kappa shape index (κ3) is 3.83. The van der Waals surface area contributed by atoms with Crippen LogP contribution in [-0.2, 0) is 19.0 Å². The number of hydrogen-bond donors (Lipinski definition) is 1. The molecule has 1 N–H and O–H groups in total. The van der Waals surface area contributed by atoms with Crippen LogP contribution in [0.5, 0.6) is 0 Å². The fourth-order valence-corrected chi connectivity index (χ4v) is 6.46. The van der Waals surface area contributed by atoms with Gasteiger partial charge in [0.1, 0.15) is 6.61 Å². The zero-order valence-corrected chi connectivity index (χ0v) is 19.3. The SMILES string of the molecule is C=C1CC[C@@]2(C)[C@@H](CC[C@@H](O)[C@@]2(C)COC2CCCCO2)[C@]1(C)/C=C/C1=CCOC1=O. The normalized spacial score (nSPS) is 43.6. The monoisotopic (exact) mass is 430 g/mol. The topological polar surface area (TPSA) is 65.0 Å². The van der Waals surface area contributed by atoms with Crippen molar-refractivity contribution in [3.8, 4) is 0 Å². The number of aliphatic hydroxyl groups excluding tert-OH is 1. The maximum Gasteiger partial charge on any atom is 0.338 e. The highest BCUT2D eigenvalue weighted by atomic mass is 16.7. The Morgan fingerprint density at radius 3 is 2.74 bits per heavy atom. The lowest BCUT2D eigenvalue weighted by atomic mass is 9.42. The summed E-state index contributed by atoms with van der Waals surface area (Å²) in [7, 11) is 0. The molecule has 1 saturated heterocycles. The summed E-state index contributed by atoms with van der Waals surface area (Å²) in [6, 6.07) is 0. The van der Waals surface area contributed by atoms with E-state index in [4.69, 9.17) is 14.2 Å². The van der Waals surface area contributed by atoms with Gasteiger partial charge >= 0.3 is 5.97 Å². The van der Waals surface area contributed by atoms with Gasteiger partial charge in [-0.1, -0.05) is 45.1 Å². The quantitative estimate of drug-likeness (QED) is 0.505. The van der Waals surface area contributed by atoms with Crippen LogP contribution in [0.3, 0.4) is 0 Å². The zero-order valence-electron chi connectivity index (χ0n) is 19.3. The molecule has 31 heavy (non-hydrogen) atoms. The minimum Gasteiger partial charge on any atom is -0.458 e. The molecule has 0 radical (unpaired) electrons.